The summed E-state index contributed by atoms with van der Waals surface area (Å²) in [4.78, 5) is 8.36. The van der Waals surface area contributed by atoms with Crippen LogP contribution >= 0.6 is 0 Å². The van der Waals surface area contributed by atoms with E-state index in [0.717, 1.165) is 16.9 Å². The Balaban J connectivity index is 1.95. The monoisotopic (exact) mass is 229 g/mol. The molecule has 0 spiro atoms. The molecule has 1 heterocycles. The predicted octanol–water partition coefficient (Wildman–Crippen LogP) is 2.41. The van der Waals surface area contributed by atoms with Crippen LogP contribution in [-0.4, -0.2) is 17.1 Å². The number of methoxy groups -OCH3 is 1. The normalized spacial score (nSPS) is 10.0. The van der Waals surface area contributed by atoms with Crippen molar-refractivity contribution in [2.75, 3.05) is 12.4 Å². The van der Waals surface area contributed by atoms with Crippen molar-refractivity contribution in [1.82, 2.24) is 9.97 Å². The molecule has 1 aromatic carbocycles. The largest absolute Gasteiger partial charge is 0.497 e. The highest BCUT2D eigenvalue weighted by atomic mass is 16.5. The second-order valence-electron chi connectivity index (χ2n) is 3.79. The van der Waals surface area contributed by atoms with Gasteiger partial charge in [-0.25, -0.2) is 9.97 Å². The smallest absolute Gasteiger partial charge is 0.222 e. The zero-order valence-corrected chi connectivity index (χ0v) is 9.97. The SMILES string of the molecule is COc1ccc(CNc2ncc(C)cn2)cc1. The maximum atomic E-state index is 5.10. The number of benzene rings is 1. The van der Waals surface area contributed by atoms with Gasteiger partial charge in [-0.2, -0.15) is 0 Å². The summed E-state index contributed by atoms with van der Waals surface area (Å²) < 4.78 is 5.10. The third-order valence-electron chi connectivity index (χ3n) is 2.39. The molecule has 0 radical (unpaired) electrons. The first-order valence-corrected chi connectivity index (χ1v) is 5.43. The van der Waals surface area contributed by atoms with E-state index in [9.17, 15) is 0 Å². The second-order valence-corrected chi connectivity index (χ2v) is 3.79. The number of nitrogens with one attached hydrogen (secondary N) is 1. The molecule has 0 unspecified atom stereocenters. The van der Waals surface area contributed by atoms with Gasteiger partial charge in [0, 0.05) is 18.9 Å². The van der Waals surface area contributed by atoms with Crippen molar-refractivity contribution in [3.05, 3.63) is 47.8 Å². The molecule has 0 aliphatic carbocycles. The van der Waals surface area contributed by atoms with Crippen molar-refractivity contribution < 1.29 is 4.74 Å². The molecule has 88 valence electrons. The summed E-state index contributed by atoms with van der Waals surface area (Å²) in [5.41, 5.74) is 2.22. The average Bonchev–Trinajstić information content (AvgIpc) is 2.39. The molecule has 2 rings (SSSR count). The van der Waals surface area contributed by atoms with Gasteiger partial charge in [-0.05, 0) is 30.2 Å². The molecule has 0 amide bonds. The molecular formula is C13H15N3O. The number of rotatable bonds is 4. The summed E-state index contributed by atoms with van der Waals surface area (Å²) in [5.74, 6) is 1.51. The van der Waals surface area contributed by atoms with Gasteiger partial charge in [0.1, 0.15) is 5.75 Å². The van der Waals surface area contributed by atoms with Gasteiger partial charge in [-0.15, -0.1) is 0 Å². The van der Waals surface area contributed by atoms with Crippen molar-refractivity contribution in [1.29, 1.82) is 0 Å². The Morgan fingerprint density at radius 2 is 1.76 bits per heavy atom. The third kappa shape index (κ3) is 3.17. The predicted molar refractivity (Wildman–Crippen MR) is 67.1 cm³/mol. The number of aryl methyl sites for hydroxylation is 1. The molecule has 0 saturated heterocycles. The summed E-state index contributed by atoms with van der Waals surface area (Å²) in [6, 6.07) is 7.90. The highest BCUT2D eigenvalue weighted by Crippen LogP contribution is 2.12. The van der Waals surface area contributed by atoms with Crippen molar-refractivity contribution in [3.63, 3.8) is 0 Å². The molecule has 0 fully saturated rings. The van der Waals surface area contributed by atoms with E-state index in [-0.39, 0.29) is 0 Å². The van der Waals surface area contributed by atoms with Crippen molar-refractivity contribution in [3.8, 4) is 5.75 Å². The van der Waals surface area contributed by atoms with Crippen LogP contribution < -0.4 is 10.1 Å². The van der Waals surface area contributed by atoms with Gasteiger partial charge in [-0.1, -0.05) is 12.1 Å². The fraction of sp³-hybridized carbons (Fsp3) is 0.231. The topological polar surface area (TPSA) is 47.0 Å². The van der Waals surface area contributed by atoms with E-state index in [4.69, 9.17) is 4.74 Å². The average molecular weight is 229 g/mol. The minimum absolute atomic E-state index is 0.645. The Morgan fingerprint density at radius 1 is 1.12 bits per heavy atom. The summed E-state index contributed by atoms with van der Waals surface area (Å²) in [6.07, 6.45) is 3.59. The van der Waals surface area contributed by atoms with Crippen molar-refractivity contribution >= 4 is 5.95 Å². The minimum Gasteiger partial charge on any atom is -0.497 e. The van der Waals surface area contributed by atoms with Crippen LogP contribution in [0, 0.1) is 6.92 Å². The van der Waals surface area contributed by atoms with Crippen LogP contribution in [0.2, 0.25) is 0 Å². The maximum Gasteiger partial charge on any atom is 0.222 e. The van der Waals surface area contributed by atoms with Gasteiger partial charge in [0.15, 0.2) is 0 Å². The summed E-state index contributed by atoms with van der Waals surface area (Å²) in [6.45, 7) is 2.67. The lowest BCUT2D eigenvalue weighted by Gasteiger charge is -2.05. The van der Waals surface area contributed by atoms with Crippen LogP contribution in [-0.2, 0) is 6.54 Å². The van der Waals surface area contributed by atoms with Gasteiger partial charge in [0.05, 0.1) is 7.11 Å². The first kappa shape index (κ1) is 11.4. The standard InChI is InChI=1S/C13H15N3O/c1-10-7-14-13(15-8-10)16-9-11-3-5-12(17-2)6-4-11/h3-8H,9H2,1-2H3,(H,14,15,16). The summed E-state index contributed by atoms with van der Waals surface area (Å²) in [5, 5.41) is 3.16. The Kier molecular flexibility index (Phi) is 3.55. The maximum absolute atomic E-state index is 5.10. The Labute approximate surface area is 101 Å². The van der Waals surface area contributed by atoms with Crippen LogP contribution in [0.15, 0.2) is 36.7 Å². The molecule has 0 saturated carbocycles. The summed E-state index contributed by atoms with van der Waals surface area (Å²) in [7, 11) is 1.66. The number of nitrogens with zero attached hydrogens (tertiary/aromatic N) is 2. The fourth-order valence-corrected chi connectivity index (χ4v) is 1.41. The summed E-state index contributed by atoms with van der Waals surface area (Å²) >= 11 is 0. The number of anilines is 1. The van der Waals surface area contributed by atoms with Crippen LogP contribution in [0.4, 0.5) is 5.95 Å². The van der Waals surface area contributed by atoms with Gasteiger partial charge < -0.3 is 10.1 Å². The van der Waals surface area contributed by atoms with E-state index in [1.54, 1.807) is 19.5 Å². The molecule has 1 aromatic heterocycles. The van der Waals surface area contributed by atoms with E-state index in [2.05, 4.69) is 15.3 Å². The fourth-order valence-electron chi connectivity index (χ4n) is 1.41. The lowest BCUT2D eigenvalue weighted by Crippen LogP contribution is -2.03. The number of hydrogen-bond acceptors (Lipinski definition) is 4. The van der Waals surface area contributed by atoms with Crippen molar-refractivity contribution in [2.45, 2.75) is 13.5 Å². The third-order valence-corrected chi connectivity index (χ3v) is 2.39. The lowest BCUT2D eigenvalue weighted by atomic mass is 10.2. The van der Waals surface area contributed by atoms with Crippen LogP contribution in [0.1, 0.15) is 11.1 Å². The van der Waals surface area contributed by atoms with Gasteiger partial charge in [-0.3, -0.25) is 0 Å². The molecule has 4 heteroatoms. The molecule has 0 aliphatic heterocycles. The van der Waals surface area contributed by atoms with Crippen LogP contribution in [0.5, 0.6) is 5.75 Å². The highest BCUT2D eigenvalue weighted by molar-refractivity contribution is 5.31. The molecule has 4 nitrogen and oxygen atoms in total. The van der Waals surface area contributed by atoms with E-state index in [0.29, 0.717) is 12.5 Å². The first-order chi connectivity index (χ1) is 8.28. The van der Waals surface area contributed by atoms with E-state index in [1.165, 1.54) is 0 Å². The lowest BCUT2D eigenvalue weighted by molar-refractivity contribution is 0.414. The second kappa shape index (κ2) is 5.30. The Morgan fingerprint density at radius 3 is 2.35 bits per heavy atom. The zero-order valence-electron chi connectivity index (χ0n) is 9.97. The van der Waals surface area contributed by atoms with E-state index in [1.807, 2.05) is 31.2 Å². The van der Waals surface area contributed by atoms with E-state index >= 15 is 0 Å². The van der Waals surface area contributed by atoms with Gasteiger partial charge in [0.2, 0.25) is 5.95 Å². The molecule has 2 aromatic rings. The van der Waals surface area contributed by atoms with Gasteiger partial charge >= 0.3 is 0 Å². The van der Waals surface area contributed by atoms with Gasteiger partial charge in [0.25, 0.3) is 0 Å². The van der Waals surface area contributed by atoms with E-state index < -0.39 is 0 Å². The quantitative estimate of drug-likeness (QED) is 0.874. The van der Waals surface area contributed by atoms with Crippen LogP contribution in [0.25, 0.3) is 0 Å². The molecule has 1 N–H and O–H groups in total. The Bertz CT molecular complexity index is 465. The zero-order chi connectivity index (χ0) is 12.1. The molecule has 0 aliphatic rings. The number of aromatic nitrogens is 2. The molecule has 0 atom stereocenters. The minimum atomic E-state index is 0.645. The number of hydrogen-bond donors (Lipinski definition) is 1. The molecular weight excluding hydrogens is 214 g/mol. The number of ether oxygens (including phenoxy) is 1. The molecule has 0 bridgehead atoms. The highest BCUT2D eigenvalue weighted by Gasteiger charge is 1.97. The van der Waals surface area contributed by atoms with Crippen molar-refractivity contribution in [2.24, 2.45) is 0 Å². The Hall–Kier alpha value is -2.10. The first-order valence-electron chi connectivity index (χ1n) is 5.43. The molecule has 17 heavy (non-hydrogen) atoms. The van der Waals surface area contributed by atoms with Crippen LogP contribution in [0.3, 0.4) is 0 Å².